The second-order valence-electron chi connectivity index (χ2n) is 6.18. The molecule has 0 radical (unpaired) electrons. The molecule has 0 aliphatic heterocycles. The number of unbranched alkanes of at least 4 members (excludes halogenated alkanes) is 2. The molecule has 0 saturated heterocycles. The van der Waals surface area contributed by atoms with Crippen molar-refractivity contribution in [2.45, 2.75) is 64.6 Å². The molecule has 1 rings (SSSR count). The van der Waals surface area contributed by atoms with Gasteiger partial charge in [-0.1, -0.05) is 26.7 Å². The summed E-state index contributed by atoms with van der Waals surface area (Å²) in [6.07, 6.45) is 3.65. The van der Waals surface area contributed by atoms with Crippen LogP contribution in [0.1, 0.15) is 53.4 Å². The van der Waals surface area contributed by atoms with Gasteiger partial charge in [0.05, 0.1) is 0 Å². The van der Waals surface area contributed by atoms with Crippen LogP contribution in [0.3, 0.4) is 0 Å². The summed E-state index contributed by atoms with van der Waals surface area (Å²) >= 11 is 1.66. The van der Waals surface area contributed by atoms with Crippen LogP contribution in [-0.2, 0) is 9.47 Å². The van der Waals surface area contributed by atoms with Crippen LogP contribution < -0.4 is 4.74 Å². The molecular weight excluding hydrogens is 362 g/mol. The maximum Gasteiger partial charge on any atom is 0.415 e. The molecule has 0 N–H and O–H groups in total. The van der Waals surface area contributed by atoms with E-state index in [0.717, 1.165) is 49.4 Å². The Morgan fingerprint density at radius 1 is 0.963 bits per heavy atom. The number of hydrogen-bond donors (Lipinski definition) is 0. The first-order valence-electron chi connectivity index (χ1n) is 10.1. The highest BCUT2D eigenvalue weighted by atomic mass is 32.2. The average molecular weight is 398 g/mol. The van der Waals surface area contributed by atoms with Crippen LogP contribution in [0.5, 0.6) is 5.75 Å². The van der Waals surface area contributed by atoms with Gasteiger partial charge in [-0.05, 0) is 51.0 Å². The van der Waals surface area contributed by atoms with E-state index in [-0.39, 0.29) is 12.4 Å². The lowest BCUT2D eigenvalue weighted by Crippen LogP contribution is -2.35. The number of carbonyl (C=O) groups is 1. The predicted octanol–water partition coefficient (Wildman–Crippen LogP) is 5.58. The summed E-state index contributed by atoms with van der Waals surface area (Å²) in [7, 11) is 0. The average Bonchev–Trinajstić information content (AvgIpc) is 2.67. The lowest BCUT2D eigenvalue weighted by molar-refractivity contribution is -0.120. The van der Waals surface area contributed by atoms with E-state index >= 15 is 0 Å². The maximum absolute atomic E-state index is 12.4. The van der Waals surface area contributed by atoms with Crippen molar-refractivity contribution in [3.05, 3.63) is 24.3 Å². The van der Waals surface area contributed by atoms with Gasteiger partial charge in [0.1, 0.15) is 5.75 Å². The number of ether oxygens (including phenoxy) is 3. The van der Waals surface area contributed by atoms with Crippen molar-refractivity contribution >= 4 is 17.9 Å². The number of carbonyl (C=O) groups excluding carboxylic acids is 1. The fourth-order valence-corrected chi connectivity index (χ4v) is 3.29. The normalized spacial score (nSPS) is 11.0. The molecule has 0 spiro atoms. The first-order chi connectivity index (χ1) is 13.1. The first-order valence-corrected chi connectivity index (χ1v) is 11.1. The number of thioether (sulfide) groups is 1. The SMILES string of the molecule is CCCCN(CCCC)C(=O)Oc1ccc(SCC(OCC)OCC)cc1. The standard InChI is InChI=1S/C21H35NO4S/c1-5-9-15-22(16-10-6-2)21(23)26-18-11-13-19(14-12-18)27-17-20(24-7-3)25-8-4/h11-14,20H,5-10,15-17H2,1-4H3. The van der Waals surface area contributed by atoms with E-state index in [1.807, 2.05) is 43.0 Å². The van der Waals surface area contributed by atoms with E-state index in [0.29, 0.717) is 19.0 Å². The van der Waals surface area contributed by atoms with Crippen molar-refractivity contribution in [2.75, 3.05) is 32.1 Å². The van der Waals surface area contributed by atoms with E-state index in [2.05, 4.69) is 13.8 Å². The van der Waals surface area contributed by atoms with E-state index in [1.165, 1.54) is 0 Å². The summed E-state index contributed by atoms with van der Waals surface area (Å²) in [6, 6.07) is 7.61. The smallest absolute Gasteiger partial charge is 0.410 e. The van der Waals surface area contributed by atoms with Crippen LogP contribution in [0.2, 0.25) is 0 Å². The highest BCUT2D eigenvalue weighted by Gasteiger charge is 2.15. The zero-order chi connectivity index (χ0) is 19.9. The fourth-order valence-electron chi connectivity index (χ4n) is 2.44. The summed E-state index contributed by atoms with van der Waals surface area (Å²) in [6.45, 7) is 10.9. The molecule has 6 heteroatoms. The Morgan fingerprint density at radius 2 is 1.52 bits per heavy atom. The van der Waals surface area contributed by atoms with Crippen LogP contribution in [0, 0.1) is 0 Å². The molecule has 154 valence electrons. The Bertz CT molecular complexity index is 495. The molecular formula is C21H35NO4S. The molecule has 0 aliphatic carbocycles. The van der Waals surface area contributed by atoms with E-state index in [9.17, 15) is 4.79 Å². The minimum absolute atomic E-state index is 0.201. The summed E-state index contributed by atoms with van der Waals surface area (Å²) in [5.74, 6) is 1.30. The van der Waals surface area contributed by atoms with Gasteiger partial charge in [0, 0.05) is 37.0 Å². The summed E-state index contributed by atoms with van der Waals surface area (Å²) in [4.78, 5) is 15.3. The molecule has 0 aromatic heterocycles. The largest absolute Gasteiger partial charge is 0.415 e. The van der Waals surface area contributed by atoms with Gasteiger partial charge >= 0.3 is 6.09 Å². The maximum atomic E-state index is 12.4. The summed E-state index contributed by atoms with van der Waals surface area (Å²) in [5, 5.41) is 0. The first kappa shape index (κ1) is 23.8. The van der Waals surface area contributed by atoms with E-state index in [4.69, 9.17) is 14.2 Å². The van der Waals surface area contributed by atoms with E-state index < -0.39 is 0 Å². The second-order valence-corrected chi connectivity index (χ2v) is 7.28. The van der Waals surface area contributed by atoms with Crippen molar-refractivity contribution in [1.29, 1.82) is 0 Å². The number of amides is 1. The quantitative estimate of drug-likeness (QED) is 0.303. The second kappa shape index (κ2) is 14.8. The number of hydrogen-bond acceptors (Lipinski definition) is 5. The fraction of sp³-hybridized carbons (Fsp3) is 0.667. The molecule has 0 heterocycles. The number of rotatable bonds is 14. The van der Waals surface area contributed by atoms with Crippen molar-refractivity contribution in [3.63, 3.8) is 0 Å². The van der Waals surface area contributed by atoms with Gasteiger partial charge < -0.3 is 19.1 Å². The third-order valence-electron chi connectivity index (χ3n) is 3.94. The molecule has 1 aromatic carbocycles. The van der Waals surface area contributed by atoms with E-state index in [1.54, 1.807) is 11.8 Å². The molecule has 5 nitrogen and oxygen atoms in total. The third kappa shape index (κ3) is 10.0. The Kier molecular flexibility index (Phi) is 13.0. The molecule has 0 atom stereocenters. The van der Waals surface area contributed by atoms with Gasteiger partial charge in [0.15, 0.2) is 6.29 Å². The van der Waals surface area contributed by atoms with Crippen molar-refractivity contribution in [3.8, 4) is 5.75 Å². The van der Waals surface area contributed by atoms with Crippen LogP contribution in [0.4, 0.5) is 4.79 Å². The molecule has 27 heavy (non-hydrogen) atoms. The highest BCUT2D eigenvalue weighted by Crippen LogP contribution is 2.23. The topological polar surface area (TPSA) is 48.0 Å². The minimum Gasteiger partial charge on any atom is -0.410 e. The zero-order valence-corrected chi connectivity index (χ0v) is 18.1. The molecule has 0 bridgehead atoms. The molecule has 0 unspecified atom stereocenters. The molecule has 0 saturated carbocycles. The predicted molar refractivity (Wildman–Crippen MR) is 112 cm³/mol. The van der Waals surface area contributed by atoms with Gasteiger partial charge in [-0.2, -0.15) is 0 Å². The van der Waals surface area contributed by atoms with Crippen molar-refractivity contribution < 1.29 is 19.0 Å². The Balaban J connectivity index is 2.54. The van der Waals surface area contributed by atoms with Crippen molar-refractivity contribution in [1.82, 2.24) is 4.90 Å². The van der Waals surface area contributed by atoms with Crippen LogP contribution in [0.25, 0.3) is 0 Å². The Hall–Kier alpha value is -1.24. The zero-order valence-electron chi connectivity index (χ0n) is 17.2. The third-order valence-corrected chi connectivity index (χ3v) is 4.99. The molecule has 1 amide bonds. The Labute approximate surface area is 168 Å². The molecule has 1 aromatic rings. The summed E-state index contributed by atoms with van der Waals surface area (Å²) in [5.41, 5.74) is 0. The number of nitrogens with zero attached hydrogens (tertiary/aromatic N) is 1. The van der Waals surface area contributed by atoms with Gasteiger partial charge in [0.25, 0.3) is 0 Å². The van der Waals surface area contributed by atoms with Crippen LogP contribution in [0.15, 0.2) is 29.2 Å². The van der Waals surface area contributed by atoms with Gasteiger partial charge in [-0.25, -0.2) is 4.79 Å². The van der Waals surface area contributed by atoms with Crippen LogP contribution in [-0.4, -0.2) is 49.3 Å². The lowest BCUT2D eigenvalue weighted by atomic mass is 10.3. The molecule has 0 fully saturated rings. The minimum atomic E-state index is -0.259. The summed E-state index contributed by atoms with van der Waals surface area (Å²) < 4.78 is 16.7. The molecule has 0 aliphatic rings. The monoisotopic (exact) mass is 397 g/mol. The van der Waals surface area contributed by atoms with Gasteiger partial charge in [0.2, 0.25) is 0 Å². The van der Waals surface area contributed by atoms with Gasteiger partial charge in [-0.15, -0.1) is 11.8 Å². The number of benzene rings is 1. The van der Waals surface area contributed by atoms with Crippen molar-refractivity contribution in [2.24, 2.45) is 0 Å². The van der Waals surface area contributed by atoms with Crippen LogP contribution >= 0.6 is 11.8 Å². The Morgan fingerprint density at radius 3 is 2.00 bits per heavy atom. The lowest BCUT2D eigenvalue weighted by Gasteiger charge is -2.21. The van der Waals surface area contributed by atoms with Gasteiger partial charge in [-0.3, -0.25) is 0 Å². The highest BCUT2D eigenvalue weighted by molar-refractivity contribution is 7.99.